The normalized spacial score (nSPS) is 16.8. The first-order valence-corrected chi connectivity index (χ1v) is 9.47. The van der Waals surface area contributed by atoms with Crippen LogP contribution in [0.2, 0.25) is 0 Å². The van der Waals surface area contributed by atoms with E-state index in [9.17, 15) is 4.79 Å². The fourth-order valence-corrected chi connectivity index (χ4v) is 3.68. The van der Waals surface area contributed by atoms with Crippen LogP contribution in [-0.2, 0) is 4.79 Å². The summed E-state index contributed by atoms with van der Waals surface area (Å²) in [6.45, 7) is 5.90. The molecule has 1 amide bonds. The van der Waals surface area contributed by atoms with Gasteiger partial charge in [0.05, 0.1) is 11.6 Å². The molecule has 134 valence electrons. The maximum absolute atomic E-state index is 13.1. The molecule has 0 aromatic heterocycles. The molecule has 3 N–H and O–H groups in total. The Kier molecular flexibility index (Phi) is 5.44. The van der Waals surface area contributed by atoms with Crippen LogP contribution in [0, 0.1) is 13.8 Å². The van der Waals surface area contributed by atoms with Crippen molar-refractivity contribution in [1.82, 2.24) is 10.6 Å². The zero-order chi connectivity index (χ0) is 18.8. The number of hydrogen-bond donors (Lipinski definition) is 3. The maximum Gasteiger partial charge on any atom is 0.255 e. The fraction of sp³-hybridized carbons (Fsp3) is 0.200. The maximum atomic E-state index is 13.1. The summed E-state index contributed by atoms with van der Waals surface area (Å²) in [5.41, 5.74) is 5.36. The molecule has 0 saturated carbocycles. The Morgan fingerprint density at radius 3 is 2.31 bits per heavy atom. The number of allylic oxidation sites excluding steroid dienone is 1. The highest BCUT2D eigenvalue weighted by molar-refractivity contribution is 9.10. The van der Waals surface area contributed by atoms with Gasteiger partial charge in [-0.2, -0.15) is 0 Å². The summed E-state index contributed by atoms with van der Waals surface area (Å²) in [5.74, 6) is -0.150. The van der Waals surface area contributed by atoms with Gasteiger partial charge >= 0.3 is 0 Å². The summed E-state index contributed by atoms with van der Waals surface area (Å²) in [7, 11) is 0. The third-order valence-corrected chi connectivity index (χ3v) is 4.95. The highest BCUT2D eigenvalue weighted by Crippen LogP contribution is 2.29. The average Bonchev–Trinajstić information content (AvgIpc) is 2.53. The van der Waals surface area contributed by atoms with E-state index in [0.717, 1.165) is 32.5 Å². The van der Waals surface area contributed by atoms with Gasteiger partial charge in [0.15, 0.2) is 5.11 Å². The van der Waals surface area contributed by atoms with E-state index in [1.807, 2.05) is 57.2 Å². The molecule has 4 nitrogen and oxygen atoms in total. The number of carbonyl (C=O) groups is 1. The van der Waals surface area contributed by atoms with Gasteiger partial charge in [0.2, 0.25) is 0 Å². The number of amides is 1. The Morgan fingerprint density at radius 2 is 1.69 bits per heavy atom. The summed E-state index contributed by atoms with van der Waals surface area (Å²) in [4.78, 5) is 13.1. The second-order valence-corrected chi connectivity index (χ2v) is 7.78. The van der Waals surface area contributed by atoms with Crippen LogP contribution in [0.1, 0.15) is 29.7 Å². The van der Waals surface area contributed by atoms with Crippen molar-refractivity contribution in [1.29, 1.82) is 0 Å². The molecule has 1 aliphatic rings. The van der Waals surface area contributed by atoms with Crippen LogP contribution in [0.5, 0.6) is 0 Å². The molecule has 3 rings (SSSR count). The Labute approximate surface area is 167 Å². The van der Waals surface area contributed by atoms with Crippen LogP contribution in [0.4, 0.5) is 5.69 Å². The van der Waals surface area contributed by atoms with Crippen LogP contribution < -0.4 is 16.0 Å². The van der Waals surface area contributed by atoms with Crippen LogP contribution in [0.3, 0.4) is 0 Å². The minimum Gasteiger partial charge on any atom is -0.351 e. The van der Waals surface area contributed by atoms with Gasteiger partial charge < -0.3 is 16.0 Å². The number of carbonyl (C=O) groups excluding carboxylic acids is 1. The zero-order valence-corrected chi connectivity index (χ0v) is 17.2. The van der Waals surface area contributed by atoms with Crippen molar-refractivity contribution in [3.05, 3.63) is 74.9 Å². The molecule has 2 aromatic carbocycles. The van der Waals surface area contributed by atoms with Gasteiger partial charge in [0.1, 0.15) is 0 Å². The van der Waals surface area contributed by atoms with Gasteiger partial charge in [-0.15, -0.1) is 0 Å². The Morgan fingerprint density at radius 1 is 1.08 bits per heavy atom. The van der Waals surface area contributed by atoms with Gasteiger partial charge in [-0.3, -0.25) is 4.79 Å². The number of anilines is 1. The number of aryl methyl sites for hydroxylation is 2. The van der Waals surface area contributed by atoms with E-state index >= 15 is 0 Å². The van der Waals surface area contributed by atoms with Crippen molar-refractivity contribution < 1.29 is 4.79 Å². The molecule has 26 heavy (non-hydrogen) atoms. The molecule has 0 fully saturated rings. The van der Waals surface area contributed by atoms with Crippen molar-refractivity contribution in [3.8, 4) is 0 Å². The zero-order valence-electron chi connectivity index (χ0n) is 14.8. The predicted molar refractivity (Wildman–Crippen MR) is 113 cm³/mol. The van der Waals surface area contributed by atoms with Crippen LogP contribution in [0.15, 0.2) is 58.2 Å². The van der Waals surface area contributed by atoms with Crippen LogP contribution >= 0.6 is 28.1 Å². The topological polar surface area (TPSA) is 53.2 Å². The lowest BCUT2D eigenvalue weighted by atomic mass is 9.95. The molecule has 0 saturated heterocycles. The van der Waals surface area contributed by atoms with Crippen molar-refractivity contribution >= 4 is 44.9 Å². The minimum atomic E-state index is -0.303. The summed E-state index contributed by atoms with van der Waals surface area (Å²) in [5, 5.41) is 9.80. The number of rotatable bonds is 3. The molecular weight excluding hydrogens is 410 g/mol. The molecule has 1 unspecified atom stereocenters. The molecule has 1 atom stereocenters. The molecule has 1 heterocycles. The molecule has 2 aromatic rings. The summed E-state index contributed by atoms with van der Waals surface area (Å²) >= 11 is 8.74. The van der Waals surface area contributed by atoms with Crippen molar-refractivity contribution in [3.63, 3.8) is 0 Å². The predicted octanol–water partition coefficient (Wildman–Crippen LogP) is 4.50. The summed E-state index contributed by atoms with van der Waals surface area (Å²) in [6.07, 6.45) is 0. The van der Waals surface area contributed by atoms with Crippen molar-refractivity contribution in [2.45, 2.75) is 26.8 Å². The van der Waals surface area contributed by atoms with Gasteiger partial charge in [0, 0.05) is 15.9 Å². The van der Waals surface area contributed by atoms with Gasteiger partial charge in [0.25, 0.3) is 5.91 Å². The van der Waals surface area contributed by atoms with Gasteiger partial charge in [-0.25, -0.2) is 0 Å². The highest BCUT2D eigenvalue weighted by Gasteiger charge is 2.29. The monoisotopic (exact) mass is 429 g/mol. The van der Waals surface area contributed by atoms with Gasteiger partial charge in [-0.1, -0.05) is 34.1 Å². The number of benzene rings is 2. The first kappa shape index (κ1) is 18.6. The molecule has 6 heteroatoms. The molecular formula is C20H20BrN3OS. The second kappa shape index (κ2) is 7.60. The van der Waals surface area contributed by atoms with Crippen molar-refractivity contribution in [2.75, 3.05) is 5.32 Å². The molecule has 0 bridgehead atoms. The summed E-state index contributed by atoms with van der Waals surface area (Å²) in [6, 6.07) is 13.6. The first-order chi connectivity index (χ1) is 12.3. The number of halogens is 1. The highest BCUT2D eigenvalue weighted by atomic mass is 79.9. The third kappa shape index (κ3) is 4.14. The SMILES string of the molecule is CC1=C(C(=O)Nc2cc(C)cc(C)c2)C(c2ccc(Br)cc2)NC(=S)N1. The van der Waals surface area contributed by atoms with E-state index in [-0.39, 0.29) is 11.9 Å². The van der Waals surface area contributed by atoms with E-state index < -0.39 is 0 Å². The lowest BCUT2D eigenvalue weighted by molar-refractivity contribution is -0.113. The molecule has 0 aliphatic carbocycles. The van der Waals surface area contributed by atoms with E-state index in [0.29, 0.717) is 10.7 Å². The smallest absolute Gasteiger partial charge is 0.255 e. The Hall–Kier alpha value is -2.18. The number of hydrogen-bond acceptors (Lipinski definition) is 2. The lowest BCUT2D eigenvalue weighted by Gasteiger charge is -2.30. The van der Waals surface area contributed by atoms with E-state index in [2.05, 4.69) is 37.9 Å². The fourth-order valence-electron chi connectivity index (χ4n) is 3.15. The molecule has 0 radical (unpaired) electrons. The lowest BCUT2D eigenvalue weighted by Crippen LogP contribution is -2.45. The Bertz CT molecular complexity index is 886. The second-order valence-electron chi connectivity index (χ2n) is 6.45. The standard InChI is InChI=1S/C20H20BrN3OS/c1-11-8-12(2)10-16(9-11)23-19(25)17-13(3)22-20(26)24-18(17)14-4-6-15(21)7-5-14/h4-10,18H,1-3H3,(H,23,25)(H2,22,24,26). The quantitative estimate of drug-likeness (QED) is 0.628. The number of nitrogens with one attached hydrogen (secondary N) is 3. The third-order valence-electron chi connectivity index (χ3n) is 4.20. The Balaban J connectivity index is 1.95. The first-order valence-electron chi connectivity index (χ1n) is 8.27. The number of thiocarbonyl (C=S) groups is 1. The largest absolute Gasteiger partial charge is 0.351 e. The average molecular weight is 430 g/mol. The van der Waals surface area contributed by atoms with Crippen LogP contribution in [-0.4, -0.2) is 11.0 Å². The molecule has 0 spiro atoms. The summed E-state index contributed by atoms with van der Waals surface area (Å²) < 4.78 is 0.986. The van der Waals surface area contributed by atoms with E-state index in [4.69, 9.17) is 12.2 Å². The van der Waals surface area contributed by atoms with E-state index in [1.54, 1.807) is 0 Å². The van der Waals surface area contributed by atoms with Crippen LogP contribution in [0.25, 0.3) is 0 Å². The van der Waals surface area contributed by atoms with Crippen molar-refractivity contribution in [2.24, 2.45) is 0 Å². The minimum absolute atomic E-state index is 0.150. The van der Waals surface area contributed by atoms with E-state index in [1.165, 1.54) is 0 Å². The molecule has 1 aliphatic heterocycles. The van der Waals surface area contributed by atoms with Gasteiger partial charge in [-0.05, 0) is 73.9 Å².